The summed E-state index contributed by atoms with van der Waals surface area (Å²) < 4.78 is 39.4. The molecule has 86 valence electrons. The van der Waals surface area contributed by atoms with Crippen molar-refractivity contribution in [3.05, 3.63) is 33.4 Å². The van der Waals surface area contributed by atoms with Gasteiger partial charge in [-0.2, -0.15) is 13.2 Å². The molecule has 0 amide bonds. The average molecular weight is 313 g/mol. The summed E-state index contributed by atoms with van der Waals surface area (Å²) in [6.45, 7) is 0. The molecule has 0 aliphatic rings. The number of fused-ring (bicyclic) bond motifs is 1. The molecule has 0 N–H and O–H groups in total. The maximum atomic E-state index is 12.8. The summed E-state index contributed by atoms with van der Waals surface area (Å²) in [5, 5.41) is 0.870. The zero-order chi connectivity index (χ0) is 12.1. The number of nitrogens with zero attached hydrogens (tertiary/aromatic N) is 1. The van der Waals surface area contributed by atoms with Crippen LogP contribution in [-0.4, -0.2) is 4.57 Å². The van der Waals surface area contributed by atoms with Gasteiger partial charge in [0.25, 0.3) is 0 Å². The molecule has 6 heteroatoms. The summed E-state index contributed by atoms with van der Waals surface area (Å²) in [6, 6.07) is 4.64. The first-order valence-corrected chi connectivity index (χ1v) is 5.50. The zero-order valence-electron chi connectivity index (χ0n) is 8.07. The summed E-state index contributed by atoms with van der Waals surface area (Å²) in [4.78, 5) is 0. The van der Waals surface area contributed by atoms with E-state index in [1.54, 1.807) is 12.1 Å². The first kappa shape index (κ1) is 11.8. The fourth-order valence-electron chi connectivity index (χ4n) is 1.69. The van der Waals surface area contributed by atoms with Crippen LogP contribution >= 0.6 is 27.5 Å². The monoisotopic (exact) mass is 311 g/mol. The highest BCUT2D eigenvalue weighted by molar-refractivity contribution is 9.10. The Morgan fingerprint density at radius 3 is 2.50 bits per heavy atom. The maximum Gasteiger partial charge on any atom is 0.432 e. The van der Waals surface area contributed by atoms with Crippen LogP contribution in [0, 0.1) is 0 Å². The van der Waals surface area contributed by atoms with E-state index in [0.29, 0.717) is 15.9 Å². The van der Waals surface area contributed by atoms with Crippen molar-refractivity contribution in [1.82, 2.24) is 4.57 Å². The number of aromatic nitrogens is 1. The number of benzene rings is 1. The first-order chi connectivity index (χ1) is 7.32. The highest BCUT2D eigenvalue weighted by Crippen LogP contribution is 2.41. The van der Waals surface area contributed by atoms with Crippen LogP contribution in [0.3, 0.4) is 0 Å². The molecular formula is C10H6BrClF3N. The molecule has 1 aromatic heterocycles. The van der Waals surface area contributed by atoms with E-state index >= 15 is 0 Å². The van der Waals surface area contributed by atoms with E-state index in [1.165, 1.54) is 13.1 Å². The van der Waals surface area contributed by atoms with Gasteiger partial charge in [-0.25, -0.2) is 0 Å². The lowest BCUT2D eigenvalue weighted by molar-refractivity contribution is -0.143. The largest absolute Gasteiger partial charge is 0.432 e. The molecule has 1 heterocycles. The van der Waals surface area contributed by atoms with E-state index in [2.05, 4.69) is 15.9 Å². The van der Waals surface area contributed by atoms with Crippen molar-refractivity contribution in [3.8, 4) is 0 Å². The van der Waals surface area contributed by atoms with E-state index in [9.17, 15) is 13.2 Å². The number of hydrogen-bond donors (Lipinski definition) is 0. The van der Waals surface area contributed by atoms with Crippen molar-refractivity contribution in [1.29, 1.82) is 0 Å². The summed E-state index contributed by atoms with van der Waals surface area (Å²) in [5.74, 6) is 0. The second-order valence-electron chi connectivity index (χ2n) is 3.38. The van der Waals surface area contributed by atoms with Gasteiger partial charge < -0.3 is 4.57 Å². The number of hydrogen-bond acceptors (Lipinski definition) is 0. The van der Waals surface area contributed by atoms with E-state index < -0.39 is 11.9 Å². The average Bonchev–Trinajstić information content (AvgIpc) is 2.38. The van der Waals surface area contributed by atoms with Gasteiger partial charge in [-0.05, 0) is 34.1 Å². The molecule has 2 aromatic rings. The standard InChI is InChI=1S/C10H6BrClF3N/c1-16-7-3-2-5(12)4-6(7)8(11)9(16)10(13,14)15/h2-4H,1H3. The third-order valence-corrected chi connectivity index (χ3v) is 3.41. The topological polar surface area (TPSA) is 4.93 Å². The molecule has 1 nitrogen and oxygen atoms in total. The van der Waals surface area contributed by atoms with Crippen LogP contribution < -0.4 is 0 Å². The van der Waals surface area contributed by atoms with Crippen LogP contribution in [0.25, 0.3) is 10.9 Å². The summed E-state index contributed by atoms with van der Waals surface area (Å²) in [6.07, 6.45) is -4.39. The van der Waals surface area contributed by atoms with Gasteiger partial charge in [-0.3, -0.25) is 0 Å². The third-order valence-electron chi connectivity index (χ3n) is 2.37. The van der Waals surface area contributed by atoms with Gasteiger partial charge in [0.15, 0.2) is 0 Å². The summed E-state index contributed by atoms with van der Waals surface area (Å²) in [5.41, 5.74) is -0.214. The molecule has 0 saturated heterocycles. The van der Waals surface area contributed by atoms with Crippen LogP contribution in [0.2, 0.25) is 5.02 Å². The highest BCUT2D eigenvalue weighted by atomic mass is 79.9. The van der Waals surface area contributed by atoms with Crippen molar-refractivity contribution in [2.24, 2.45) is 7.05 Å². The Kier molecular flexibility index (Phi) is 2.70. The van der Waals surface area contributed by atoms with Crippen LogP contribution in [0.15, 0.2) is 22.7 Å². The molecule has 0 aliphatic heterocycles. The normalized spacial score (nSPS) is 12.4. The van der Waals surface area contributed by atoms with Gasteiger partial charge in [-0.15, -0.1) is 0 Å². The summed E-state index contributed by atoms with van der Waals surface area (Å²) in [7, 11) is 1.38. The van der Waals surface area contributed by atoms with Gasteiger partial charge in [0.1, 0.15) is 5.69 Å². The molecule has 0 unspecified atom stereocenters. The van der Waals surface area contributed by atoms with E-state index in [4.69, 9.17) is 11.6 Å². The molecular weight excluding hydrogens is 306 g/mol. The minimum Gasteiger partial charge on any atom is -0.339 e. The van der Waals surface area contributed by atoms with Crippen LogP contribution in [0.4, 0.5) is 13.2 Å². The molecule has 16 heavy (non-hydrogen) atoms. The Balaban J connectivity index is 2.87. The van der Waals surface area contributed by atoms with Gasteiger partial charge in [-0.1, -0.05) is 11.6 Å². The van der Waals surface area contributed by atoms with E-state index in [-0.39, 0.29) is 4.47 Å². The number of halogens is 5. The second-order valence-corrected chi connectivity index (χ2v) is 4.61. The molecule has 0 radical (unpaired) electrons. The fourth-order valence-corrected chi connectivity index (χ4v) is 2.67. The lowest BCUT2D eigenvalue weighted by atomic mass is 10.2. The molecule has 0 fully saturated rings. The molecule has 0 spiro atoms. The Morgan fingerprint density at radius 1 is 1.31 bits per heavy atom. The number of alkyl halides is 3. The lowest BCUT2D eigenvalue weighted by Crippen LogP contribution is -2.11. The van der Waals surface area contributed by atoms with Crippen molar-refractivity contribution in [2.45, 2.75) is 6.18 Å². The smallest absolute Gasteiger partial charge is 0.339 e. The first-order valence-electron chi connectivity index (χ1n) is 4.33. The molecule has 0 saturated carbocycles. The maximum absolute atomic E-state index is 12.8. The van der Waals surface area contributed by atoms with E-state index in [0.717, 1.165) is 4.57 Å². The fraction of sp³-hybridized carbons (Fsp3) is 0.200. The van der Waals surface area contributed by atoms with Crippen LogP contribution in [0.1, 0.15) is 5.69 Å². The van der Waals surface area contributed by atoms with Gasteiger partial charge in [0.2, 0.25) is 0 Å². The van der Waals surface area contributed by atoms with Gasteiger partial charge >= 0.3 is 6.18 Å². The number of aryl methyl sites for hydroxylation is 1. The molecule has 1 aromatic carbocycles. The van der Waals surface area contributed by atoms with Crippen molar-refractivity contribution in [3.63, 3.8) is 0 Å². The van der Waals surface area contributed by atoms with E-state index in [1.807, 2.05) is 0 Å². The highest BCUT2D eigenvalue weighted by Gasteiger charge is 2.37. The minimum atomic E-state index is -4.39. The van der Waals surface area contributed by atoms with Crippen LogP contribution in [0.5, 0.6) is 0 Å². The lowest BCUT2D eigenvalue weighted by Gasteiger charge is -2.08. The molecule has 0 aliphatic carbocycles. The molecule has 0 bridgehead atoms. The van der Waals surface area contributed by atoms with Crippen LogP contribution in [-0.2, 0) is 13.2 Å². The predicted molar refractivity (Wildman–Crippen MR) is 60.6 cm³/mol. The van der Waals surface area contributed by atoms with Crippen molar-refractivity contribution < 1.29 is 13.2 Å². The Bertz CT molecular complexity index is 559. The molecule has 2 rings (SSSR count). The minimum absolute atomic E-state index is 0.0278. The quantitative estimate of drug-likeness (QED) is 0.669. The summed E-state index contributed by atoms with van der Waals surface area (Å²) >= 11 is 8.73. The van der Waals surface area contributed by atoms with Gasteiger partial charge in [0, 0.05) is 23.0 Å². The Labute approximate surface area is 103 Å². The van der Waals surface area contributed by atoms with Gasteiger partial charge in [0.05, 0.1) is 4.47 Å². The molecule has 0 atom stereocenters. The van der Waals surface area contributed by atoms with Crippen molar-refractivity contribution >= 4 is 38.4 Å². The van der Waals surface area contributed by atoms with Crippen molar-refractivity contribution in [2.75, 3.05) is 0 Å². The predicted octanol–water partition coefficient (Wildman–Crippen LogP) is 4.61. The Morgan fingerprint density at radius 2 is 1.94 bits per heavy atom. The zero-order valence-corrected chi connectivity index (χ0v) is 10.4. The third kappa shape index (κ3) is 1.72. The number of rotatable bonds is 0. The SMILES string of the molecule is Cn1c(C(F)(F)F)c(Br)c2cc(Cl)ccc21. The second kappa shape index (κ2) is 3.67. The Hall–Kier alpha value is -0.680.